The van der Waals surface area contributed by atoms with E-state index < -0.39 is 0 Å². The van der Waals surface area contributed by atoms with Crippen LogP contribution in [0.2, 0.25) is 0 Å². The second-order valence-electron chi connectivity index (χ2n) is 6.00. The number of hydrogen-bond acceptors (Lipinski definition) is 6. The molecular weight excluding hydrogens is 362 g/mol. The van der Waals surface area contributed by atoms with Crippen LogP contribution in [0.3, 0.4) is 0 Å². The first kappa shape index (κ1) is 17.2. The number of aromatic nitrogens is 4. The van der Waals surface area contributed by atoms with Gasteiger partial charge in [-0.05, 0) is 29.8 Å². The Morgan fingerprint density at radius 3 is 2.67 bits per heavy atom. The highest BCUT2D eigenvalue weighted by molar-refractivity contribution is 6.99. The number of carbonyl (C=O) groups excluding carboxylic acids is 1. The molecule has 0 aliphatic rings. The first-order valence-corrected chi connectivity index (χ1v) is 9.07. The lowest BCUT2D eigenvalue weighted by atomic mass is 10.2. The smallest absolute Gasteiger partial charge is 0.222 e. The van der Waals surface area contributed by atoms with E-state index in [9.17, 15) is 4.79 Å². The molecule has 0 unspecified atom stereocenters. The molecular formula is C19H17N5O2S. The van der Waals surface area contributed by atoms with Gasteiger partial charge in [0, 0.05) is 13.5 Å². The van der Waals surface area contributed by atoms with Crippen LogP contribution in [0.25, 0.3) is 22.6 Å². The molecule has 0 fully saturated rings. The molecule has 0 saturated carbocycles. The van der Waals surface area contributed by atoms with Crippen molar-refractivity contribution in [3.8, 4) is 17.3 Å². The van der Waals surface area contributed by atoms with Gasteiger partial charge in [0.25, 0.3) is 0 Å². The van der Waals surface area contributed by atoms with E-state index in [4.69, 9.17) is 9.72 Å². The largest absolute Gasteiger partial charge is 0.497 e. The summed E-state index contributed by atoms with van der Waals surface area (Å²) in [7, 11) is 1.65. The van der Waals surface area contributed by atoms with Gasteiger partial charge in [-0.1, -0.05) is 24.3 Å². The lowest BCUT2D eigenvalue weighted by molar-refractivity contribution is -0.114. The molecule has 0 saturated heterocycles. The topological polar surface area (TPSA) is 81.9 Å². The zero-order chi connectivity index (χ0) is 18.8. The van der Waals surface area contributed by atoms with E-state index in [1.165, 1.54) is 6.92 Å². The fourth-order valence-electron chi connectivity index (χ4n) is 2.91. The molecule has 0 bridgehead atoms. The summed E-state index contributed by atoms with van der Waals surface area (Å²) >= 11 is 1.05. The van der Waals surface area contributed by atoms with E-state index >= 15 is 0 Å². The van der Waals surface area contributed by atoms with E-state index in [0.717, 1.165) is 34.1 Å². The number of nitrogens with one attached hydrogen (secondary N) is 1. The molecule has 2 heterocycles. The third-order valence-corrected chi connectivity index (χ3v) is 4.68. The fourth-order valence-corrected chi connectivity index (χ4v) is 3.42. The number of ether oxygens (including phenoxy) is 1. The number of nitrogens with zero attached hydrogens (tertiary/aromatic N) is 4. The van der Waals surface area contributed by atoms with Gasteiger partial charge in [-0.25, -0.2) is 4.98 Å². The van der Waals surface area contributed by atoms with E-state index in [2.05, 4.69) is 18.6 Å². The molecule has 0 atom stereocenters. The molecule has 1 N–H and O–H groups in total. The van der Waals surface area contributed by atoms with Gasteiger partial charge in [-0.15, -0.1) is 0 Å². The molecule has 8 heteroatoms. The minimum Gasteiger partial charge on any atom is -0.497 e. The Labute approximate surface area is 160 Å². The Morgan fingerprint density at radius 1 is 1.15 bits per heavy atom. The monoisotopic (exact) mass is 379 g/mol. The van der Waals surface area contributed by atoms with Crippen LogP contribution >= 0.6 is 11.7 Å². The van der Waals surface area contributed by atoms with Crippen LogP contribution in [0.1, 0.15) is 12.5 Å². The maximum Gasteiger partial charge on any atom is 0.222 e. The van der Waals surface area contributed by atoms with Crippen LogP contribution in [-0.4, -0.2) is 31.3 Å². The number of fused-ring (bicyclic) bond motifs is 1. The summed E-state index contributed by atoms with van der Waals surface area (Å²) in [5.41, 5.74) is 3.53. The Bertz CT molecular complexity index is 1100. The summed E-state index contributed by atoms with van der Waals surface area (Å²) < 4.78 is 15.9. The predicted molar refractivity (Wildman–Crippen MR) is 105 cm³/mol. The number of anilines is 1. The van der Waals surface area contributed by atoms with Crippen LogP contribution in [-0.2, 0) is 11.3 Å². The third-order valence-electron chi connectivity index (χ3n) is 4.15. The van der Waals surface area contributed by atoms with Crippen molar-refractivity contribution in [3.63, 3.8) is 0 Å². The summed E-state index contributed by atoms with van der Waals surface area (Å²) in [5.74, 6) is 1.72. The van der Waals surface area contributed by atoms with Gasteiger partial charge in [0.05, 0.1) is 29.9 Å². The molecule has 1 amide bonds. The van der Waals surface area contributed by atoms with Gasteiger partial charge in [-0.2, -0.15) is 8.75 Å². The van der Waals surface area contributed by atoms with E-state index in [0.29, 0.717) is 23.9 Å². The second kappa shape index (κ2) is 7.16. The molecule has 0 radical (unpaired) electrons. The van der Waals surface area contributed by atoms with Crippen molar-refractivity contribution in [1.82, 2.24) is 18.3 Å². The van der Waals surface area contributed by atoms with Gasteiger partial charge in [0.1, 0.15) is 5.75 Å². The normalized spacial score (nSPS) is 10.9. The van der Waals surface area contributed by atoms with Gasteiger partial charge < -0.3 is 14.6 Å². The number of rotatable bonds is 5. The third kappa shape index (κ3) is 3.39. The van der Waals surface area contributed by atoms with Crippen LogP contribution in [0.15, 0.2) is 48.5 Å². The number of imidazole rings is 1. The lowest BCUT2D eigenvalue weighted by Crippen LogP contribution is -2.09. The Hall–Kier alpha value is -3.26. The summed E-state index contributed by atoms with van der Waals surface area (Å²) in [6.45, 7) is 2.06. The van der Waals surface area contributed by atoms with Crippen molar-refractivity contribution in [2.75, 3.05) is 12.4 Å². The molecule has 7 nitrogen and oxygen atoms in total. The highest BCUT2D eigenvalue weighted by Gasteiger charge is 2.20. The fraction of sp³-hybridized carbons (Fsp3) is 0.158. The predicted octanol–water partition coefficient (Wildman–Crippen LogP) is 3.57. The minimum atomic E-state index is -0.193. The van der Waals surface area contributed by atoms with Gasteiger partial charge in [-0.3, -0.25) is 4.79 Å². The highest BCUT2D eigenvalue weighted by atomic mass is 32.1. The minimum absolute atomic E-state index is 0.193. The lowest BCUT2D eigenvalue weighted by Gasteiger charge is -2.10. The maximum atomic E-state index is 11.5. The van der Waals surface area contributed by atoms with E-state index in [1.807, 2.05) is 48.5 Å². The van der Waals surface area contributed by atoms with Crippen LogP contribution < -0.4 is 10.1 Å². The molecule has 2 aromatic carbocycles. The summed E-state index contributed by atoms with van der Waals surface area (Å²) in [6, 6.07) is 15.8. The molecule has 0 aliphatic carbocycles. The number of benzene rings is 2. The zero-order valence-corrected chi connectivity index (χ0v) is 15.7. The van der Waals surface area contributed by atoms with Crippen molar-refractivity contribution < 1.29 is 9.53 Å². The molecule has 136 valence electrons. The van der Waals surface area contributed by atoms with Crippen molar-refractivity contribution in [1.29, 1.82) is 0 Å². The van der Waals surface area contributed by atoms with Crippen molar-refractivity contribution >= 4 is 34.5 Å². The summed E-state index contributed by atoms with van der Waals surface area (Å²) in [4.78, 5) is 16.2. The number of carbonyl (C=O) groups is 1. The Morgan fingerprint density at radius 2 is 1.93 bits per heavy atom. The van der Waals surface area contributed by atoms with Crippen molar-refractivity contribution in [2.45, 2.75) is 13.5 Å². The van der Waals surface area contributed by atoms with Crippen molar-refractivity contribution in [2.24, 2.45) is 0 Å². The summed E-state index contributed by atoms with van der Waals surface area (Å²) in [6.07, 6.45) is 0. The highest BCUT2D eigenvalue weighted by Crippen LogP contribution is 2.30. The number of amides is 1. The average Bonchev–Trinajstić information content (AvgIpc) is 3.26. The maximum absolute atomic E-state index is 11.5. The SMILES string of the molecule is COc1ccc(Cn2c(-c3nsnc3NC(C)=O)nc3ccccc32)cc1. The van der Waals surface area contributed by atoms with E-state index in [1.54, 1.807) is 7.11 Å². The zero-order valence-electron chi connectivity index (χ0n) is 14.8. The second-order valence-corrected chi connectivity index (χ2v) is 6.53. The van der Waals surface area contributed by atoms with E-state index in [-0.39, 0.29) is 5.91 Å². The molecule has 4 aromatic rings. The quantitative estimate of drug-likeness (QED) is 0.573. The first-order valence-electron chi connectivity index (χ1n) is 8.34. The number of para-hydroxylation sites is 2. The Balaban J connectivity index is 1.82. The van der Waals surface area contributed by atoms with Crippen LogP contribution in [0, 0.1) is 0 Å². The summed E-state index contributed by atoms with van der Waals surface area (Å²) in [5, 5.41) is 2.73. The Kier molecular flexibility index (Phi) is 4.55. The van der Waals surface area contributed by atoms with Crippen LogP contribution in [0.4, 0.5) is 5.82 Å². The standard InChI is InChI=1S/C19H17N5O2S/c1-12(25)20-18-17(22-27-23-18)19-21-15-5-3-4-6-16(15)24(19)11-13-7-9-14(26-2)10-8-13/h3-10H,11H2,1-2H3,(H,20,23,25). The molecule has 0 aliphatic heterocycles. The van der Waals surface area contributed by atoms with Crippen molar-refractivity contribution in [3.05, 3.63) is 54.1 Å². The molecule has 4 rings (SSSR count). The van der Waals surface area contributed by atoms with Gasteiger partial charge in [0.15, 0.2) is 17.3 Å². The molecule has 2 aromatic heterocycles. The number of hydrogen-bond donors (Lipinski definition) is 1. The van der Waals surface area contributed by atoms with Gasteiger partial charge in [0.2, 0.25) is 5.91 Å². The number of methoxy groups -OCH3 is 1. The van der Waals surface area contributed by atoms with Gasteiger partial charge >= 0.3 is 0 Å². The molecule has 0 spiro atoms. The average molecular weight is 379 g/mol. The molecule has 27 heavy (non-hydrogen) atoms. The van der Waals surface area contributed by atoms with Crippen LogP contribution in [0.5, 0.6) is 5.75 Å². The first-order chi connectivity index (χ1) is 13.2.